The molecule has 0 N–H and O–H groups in total. The van der Waals surface area contributed by atoms with E-state index in [9.17, 15) is 9.59 Å². The topological polar surface area (TPSA) is 52.6 Å². The molecule has 0 aromatic heterocycles. The van der Waals surface area contributed by atoms with E-state index in [-0.39, 0.29) is 35.8 Å². The van der Waals surface area contributed by atoms with E-state index >= 15 is 0 Å². The van der Waals surface area contributed by atoms with Crippen molar-refractivity contribution in [1.82, 2.24) is 0 Å². The van der Waals surface area contributed by atoms with Crippen LogP contribution in [-0.4, -0.2) is 32.3 Å². The number of carbonyl (C=O) groups excluding carboxylic acids is 2. The highest BCUT2D eigenvalue weighted by Crippen LogP contribution is 2.45. The van der Waals surface area contributed by atoms with Gasteiger partial charge < -0.3 is 9.16 Å². The van der Waals surface area contributed by atoms with E-state index in [1.807, 2.05) is 36.4 Å². The molecule has 4 atom stereocenters. The number of fused-ring (bicyclic) bond motifs is 1. The van der Waals surface area contributed by atoms with E-state index in [1.54, 1.807) is 6.08 Å². The van der Waals surface area contributed by atoms with E-state index in [0.29, 0.717) is 12.8 Å². The fraction of sp³-hybridized carbons (Fsp3) is 0.583. The summed E-state index contributed by atoms with van der Waals surface area (Å²) in [5.74, 6) is 0.245. The minimum atomic E-state index is -1.76. The fourth-order valence-electron chi connectivity index (χ4n) is 4.83. The van der Waals surface area contributed by atoms with Crippen LogP contribution in [0.5, 0.6) is 0 Å². The largest absolute Gasteiger partial charge is 0.462 e. The molecule has 0 radical (unpaired) electrons. The highest BCUT2D eigenvalue weighted by molar-refractivity contribution is 6.73. The Morgan fingerprint density at radius 2 is 1.86 bits per heavy atom. The maximum atomic E-state index is 12.5. The molecule has 1 heterocycles. The number of ether oxygens (including phenoxy) is 1. The second kappa shape index (κ2) is 9.85. The first-order valence-corrected chi connectivity index (χ1v) is 13.7. The molecule has 1 saturated carbocycles. The lowest BCUT2D eigenvalue weighted by Crippen LogP contribution is -2.41. The van der Waals surface area contributed by atoms with Gasteiger partial charge in [-0.05, 0) is 36.2 Å². The third-order valence-corrected chi connectivity index (χ3v) is 11.6. The maximum Gasteiger partial charge on any atom is 0.306 e. The standard InChI is InChI=1S/C24H34O4Si/c1-4-29(5-2,6-3)28-23-17-22-21(16-24(26)27-22)20(23)15-14-19(25)13-12-18-10-8-7-9-11-18/h7-11,14-15,20-23H,4-6,12-13,16-17H2,1-3H3/b15-14+/t20-,21-,22?,23-/m1/s1. The number of benzene rings is 1. The number of hydrogen-bond acceptors (Lipinski definition) is 4. The number of hydrogen-bond donors (Lipinski definition) is 0. The number of ketones is 1. The Kier molecular flexibility index (Phi) is 7.47. The molecule has 1 aliphatic heterocycles. The number of allylic oxidation sites excluding steroid dienone is 1. The van der Waals surface area contributed by atoms with Gasteiger partial charge in [0.05, 0.1) is 12.5 Å². The third-order valence-electron chi connectivity index (χ3n) is 6.89. The fourth-order valence-corrected chi connectivity index (χ4v) is 7.72. The lowest BCUT2D eigenvalue weighted by Gasteiger charge is -2.34. The van der Waals surface area contributed by atoms with Gasteiger partial charge in [-0.3, -0.25) is 9.59 Å². The second-order valence-corrected chi connectivity index (χ2v) is 13.1. The SMILES string of the molecule is CC[Si](CC)(CC)O[C@@H]1CC2OC(=O)C[C@@H]2[C@H]1/C=C/C(=O)CCc1ccccc1. The van der Waals surface area contributed by atoms with E-state index in [1.165, 1.54) is 5.56 Å². The molecule has 3 rings (SSSR count). The predicted molar refractivity (Wildman–Crippen MR) is 117 cm³/mol. The van der Waals surface area contributed by atoms with Gasteiger partial charge in [0.25, 0.3) is 0 Å². The summed E-state index contributed by atoms with van der Waals surface area (Å²) in [5.41, 5.74) is 1.18. The molecular formula is C24H34O4Si. The van der Waals surface area contributed by atoms with Crippen molar-refractivity contribution >= 4 is 20.1 Å². The van der Waals surface area contributed by atoms with E-state index in [4.69, 9.17) is 9.16 Å². The van der Waals surface area contributed by atoms with Crippen molar-refractivity contribution in [3.05, 3.63) is 48.0 Å². The van der Waals surface area contributed by atoms with Crippen LogP contribution in [-0.2, 0) is 25.2 Å². The molecule has 1 aromatic rings. The van der Waals surface area contributed by atoms with Crippen LogP contribution in [0.15, 0.2) is 42.5 Å². The molecule has 4 nitrogen and oxygen atoms in total. The molecule has 1 aromatic carbocycles. The van der Waals surface area contributed by atoms with Crippen molar-refractivity contribution in [2.45, 2.75) is 76.8 Å². The van der Waals surface area contributed by atoms with Gasteiger partial charge in [-0.25, -0.2) is 0 Å². The Labute approximate surface area is 175 Å². The van der Waals surface area contributed by atoms with Crippen molar-refractivity contribution < 1.29 is 18.8 Å². The zero-order valence-corrected chi connectivity index (χ0v) is 18.9. The lowest BCUT2D eigenvalue weighted by molar-refractivity contribution is -0.141. The van der Waals surface area contributed by atoms with Crippen LogP contribution < -0.4 is 0 Å². The van der Waals surface area contributed by atoms with Crippen LogP contribution in [0.4, 0.5) is 0 Å². The minimum Gasteiger partial charge on any atom is -0.462 e. The average molecular weight is 415 g/mol. The van der Waals surface area contributed by atoms with Gasteiger partial charge in [0, 0.05) is 24.7 Å². The summed E-state index contributed by atoms with van der Waals surface area (Å²) in [5, 5.41) is 0. The van der Waals surface area contributed by atoms with E-state index < -0.39 is 8.32 Å². The zero-order chi connectivity index (χ0) is 20.9. The Balaban J connectivity index is 1.67. The predicted octanol–water partition coefficient (Wildman–Crippen LogP) is 5.09. The van der Waals surface area contributed by atoms with Crippen LogP contribution in [0.3, 0.4) is 0 Å². The van der Waals surface area contributed by atoms with Crippen LogP contribution in [0.1, 0.15) is 45.6 Å². The van der Waals surface area contributed by atoms with Crippen molar-refractivity contribution in [2.24, 2.45) is 11.8 Å². The third kappa shape index (κ3) is 5.26. The van der Waals surface area contributed by atoms with E-state index in [0.717, 1.165) is 31.0 Å². The summed E-state index contributed by atoms with van der Waals surface area (Å²) in [6.45, 7) is 6.69. The van der Waals surface area contributed by atoms with Gasteiger partial charge in [-0.15, -0.1) is 0 Å². The molecule has 2 fully saturated rings. The van der Waals surface area contributed by atoms with Crippen molar-refractivity contribution in [3.8, 4) is 0 Å². The van der Waals surface area contributed by atoms with Crippen molar-refractivity contribution in [3.63, 3.8) is 0 Å². The summed E-state index contributed by atoms with van der Waals surface area (Å²) in [6.07, 6.45) is 6.20. The van der Waals surface area contributed by atoms with Gasteiger partial charge in [-0.2, -0.15) is 0 Å². The van der Waals surface area contributed by atoms with Gasteiger partial charge in [0.2, 0.25) is 0 Å². The summed E-state index contributed by atoms with van der Waals surface area (Å²) in [7, 11) is -1.76. The molecule has 29 heavy (non-hydrogen) atoms. The molecular weight excluding hydrogens is 380 g/mol. The Morgan fingerprint density at radius 3 is 2.52 bits per heavy atom. The van der Waals surface area contributed by atoms with Gasteiger partial charge in [0.1, 0.15) is 6.10 Å². The van der Waals surface area contributed by atoms with Gasteiger partial charge in [0.15, 0.2) is 14.1 Å². The molecule has 5 heteroatoms. The Hall–Kier alpha value is -1.72. The second-order valence-electron chi connectivity index (χ2n) is 8.42. The Morgan fingerprint density at radius 1 is 1.17 bits per heavy atom. The first-order chi connectivity index (χ1) is 14.0. The van der Waals surface area contributed by atoms with E-state index in [2.05, 4.69) is 20.8 Å². The van der Waals surface area contributed by atoms with Crippen LogP contribution in [0.2, 0.25) is 18.1 Å². The first-order valence-electron chi connectivity index (χ1n) is 11.1. The zero-order valence-electron chi connectivity index (χ0n) is 17.9. The molecule has 158 valence electrons. The summed E-state index contributed by atoms with van der Waals surface area (Å²) in [4.78, 5) is 24.3. The van der Waals surface area contributed by atoms with Crippen LogP contribution in [0.25, 0.3) is 0 Å². The highest BCUT2D eigenvalue weighted by Gasteiger charge is 2.51. The summed E-state index contributed by atoms with van der Waals surface area (Å²) >= 11 is 0. The number of aryl methyl sites for hydroxylation is 1. The molecule has 1 aliphatic carbocycles. The number of carbonyl (C=O) groups is 2. The number of esters is 1. The van der Waals surface area contributed by atoms with Gasteiger partial charge in [-0.1, -0.05) is 57.2 Å². The summed E-state index contributed by atoms with van der Waals surface area (Å²) in [6, 6.07) is 13.4. The number of rotatable bonds is 10. The Bertz CT molecular complexity index is 717. The minimum absolute atomic E-state index is 0.0566. The van der Waals surface area contributed by atoms with Crippen molar-refractivity contribution in [2.75, 3.05) is 0 Å². The molecule has 1 saturated heterocycles. The van der Waals surface area contributed by atoms with Crippen molar-refractivity contribution in [1.29, 1.82) is 0 Å². The van der Waals surface area contributed by atoms with Crippen LogP contribution in [0, 0.1) is 11.8 Å². The molecule has 1 unspecified atom stereocenters. The van der Waals surface area contributed by atoms with Gasteiger partial charge >= 0.3 is 5.97 Å². The molecule has 0 amide bonds. The average Bonchev–Trinajstić information content (AvgIpc) is 3.25. The monoisotopic (exact) mass is 414 g/mol. The molecule has 2 aliphatic rings. The van der Waals surface area contributed by atoms with Crippen LogP contribution >= 0.6 is 0 Å². The first kappa shape index (κ1) is 22.0. The smallest absolute Gasteiger partial charge is 0.306 e. The summed E-state index contributed by atoms with van der Waals surface area (Å²) < 4.78 is 12.3. The lowest BCUT2D eigenvalue weighted by atomic mass is 9.91. The molecule has 0 spiro atoms. The normalized spacial score (nSPS) is 26.7. The highest BCUT2D eigenvalue weighted by atomic mass is 28.4. The quantitative estimate of drug-likeness (QED) is 0.304. The maximum absolute atomic E-state index is 12.5. The molecule has 0 bridgehead atoms.